The first-order valence-corrected chi connectivity index (χ1v) is 7.17. The largest absolute Gasteiger partial charge is 0.384 e. The molecule has 1 unspecified atom stereocenters. The Bertz CT molecular complexity index is 394. The van der Waals surface area contributed by atoms with Gasteiger partial charge in [-0.1, -0.05) is 20.8 Å². The van der Waals surface area contributed by atoms with Crippen molar-refractivity contribution >= 4 is 5.69 Å². The van der Waals surface area contributed by atoms with E-state index < -0.39 is 0 Å². The van der Waals surface area contributed by atoms with Crippen LogP contribution in [0.4, 0.5) is 10.1 Å². The van der Waals surface area contributed by atoms with Crippen molar-refractivity contribution in [1.29, 1.82) is 0 Å². The summed E-state index contributed by atoms with van der Waals surface area (Å²) in [5, 5.41) is 3.34. The molecule has 0 bridgehead atoms. The van der Waals surface area contributed by atoms with Crippen molar-refractivity contribution in [2.75, 3.05) is 31.5 Å². The molecular formula is C16H25FN2. The molecule has 1 fully saturated rings. The van der Waals surface area contributed by atoms with Crippen LogP contribution in [0.1, 0.15) is 27.2 Å². The Labute approximate surface area is 116 Å². The van der Waals surface area contributed by atoms with E-state index in [1.807, 2.05) is 0 Å². The van der Waals surface area contributed by atoms with Crippen molar-refractivity contribution in [3.8, 4) is 0 Å². The van der Waals surface area contributed by atoms with E-state index in [4.69, 9.17) is 0 Å². The van der Waals surface area contributed by atoms with Gasteiger partial charge in [0.1, 0.15) is 5.82 Å². The number of halogens is 1. The molecule has 0 radical (unpaired) electrons. The highest BCUT2D eigenvalue weighted by Crippen LogP contribution is 2.33. The quantitative estimate of drug-likeness (QED) is 0.893. The van der Waals surface area contributed by atoms with Crippen LogP contribution < -0.4 is 5.32 Å². The lowest BCUT2D eigenvalue weighted by Gasteiger charge is -2.27. The zero-order chi connectivity index (χ0) is 13.9. The van der Waals surface area contributed by atoms with Gasteiger partial charge in [0.05, 0.1) is 0 Å². The minimum absolute atomic E-state index is 0.182. The van der Waals surface area contributed by atoms with Crippen LogP contribution in [0.2, 0.25) is 0 Å². The molecule has 1 saturated heterocycles. The maximum absolute atomic E-state index is 12.8. The first-order valence-electron chi connectivity index (χ1n) is 7.17. The molecule has 1 aliphatic heterocycles. The third-order valence-electron chi connectivity index (χ3n) is 4.10. The Morgan fingerprint density at radius 1 is 1.26 bits per heavy atom. The number of nitrogens with one attached hydrogen (secondary N) is 1. The van der Waals surface area contributed by atoms with E-state index >= 15 is 0 Å². The number of hydrogen-bond acceptors (Lipinski definition) is 2. The van der Waals surface area contributed by atoms with E-state index in [2.05, 4.69) is 31.0 Å². The summed E-state index contributed by atoms with van der Waals surface area (Å²) in [6.45, 7) is 11.4. The summed E-state index contributed by atoms with van der Waals surface area (Å²) >= 11 is 0. The molecule has 3 heteroatoms. The van der Waals surface area contributed by atoms with E-state index in [1.54, 1.807) is 12.1 Å². The van der Waals surface area contributed by atoms with Crippen LogP contribution in [0.5, 0.6) is 0 Å². The van der Waals surface area contributed by atoms with Crippen LogP contribution in [0.25, 0.3) is 0 Å². The molecule has 1 aliphatic rings. The topological polar surface area (TPSA) is 15.3 Å². The van der Waals surface area contributed by atoms with Gasteiger partial charge >= 0.3 is 0 Å². The van der Waals surface area contributed by atoms with Gasteiger partial charge in [-0.2, -0.15) is 0 Å². The number of likely N-dealkylation sites (tertiary alicyclic amines) is 1. The Kier molecular flexibility index (Phi) is 4.46. The van der Waals surface area contributed by atoms with Crippen molar-refractivity contribution < 1.29 is 4.39 Å². The smallest absolute Gasteiger partial charge is 0.123 e. The number of benzene rings is 1. The summed E-state index contributed by atoms with van der Waals surface area (Å²) in [5.74, 6) is 0.622. The highest BCUT2D eigenvalue weighted by molar-refractivity contribution is 5.42. The third kappa shape index (κ3) is 4.20. The molecule has 0 aromatic heterocycles. The zero-order valence-electron chi connectivity index (χ0n) is 12.2. The summed E-state index contributed by atoms with van der Waals surface area (Å²) in [6, 6.07) is 6.57. The van der Waals surface area contributed by atoms with E-state index in [0.29, 0.717) is 5.41 Å². The summed E-state index contributed by atoms with van der Waals surface area (Å²) < 4.78 is 12.8. The molecule has 0 spiro atoms. The summed E-state index contributed by atoms with van der Waals surface area (Å²) in [4.78, 5) is 2.52. The molecule has 19 heavy (non-hydrogen) atoms. The van der Waals surface area contributed by atoms with E-state index in [9.17, 15) is 4.39 Å². The lowest BCUT2D eigenvalue weighted by Crippen LogP contribution is -2.29. The van der Waals surface area contributed by atoms with Crippen molar-refractivity contribution in [1.82, 2.24) is 4.90 Å². The molecule has 0 amide bonds. The third-order valence-corrected chi connectivity index (χ3v) is 4.10. The molecular weight excluding hydrogens is 239 g/mol. The first kappa shape index (κ1) is 14.3. The fourth-order valence-corrected chi connectivity index (χ4v) is 2.67. The molecule has 1 aromatic carbocycles. The molecule has 1 atom stereocenters. The van der Waals surface area contributed by atoms with E-state index in [-0.39, 0.29) is 5.82 Å². The van der Waals surface area contributed by atoms with Crippen LogP contribution in [0, 0.1) is 17.2 Å². The summed E-state index contributed by atoms with van der Waals surface area (Å²) in [7, 11) is 0. The van der Waals surface area contributed by atoms with Crippen LogP contribution >= 0.6 is 0 Å². The average molecular weight is 264 g/mol. The van der Waals surface area contributed by atoms with Gasteiger partial charge in [0.15, 0.2) is 0 Å². The van der Waals surface area contributed by atoms with E-state index in [0.717, 1.165) is 24.7 Å². The predicted octanol–water partition coefficient (Wildman–Crippen LogP) is 3.61. The van der Waals surface area contributed by atoms with Gasteiger partial charge in [-0.15, -0.1) is 0 Å². The van der Waals surface area contributed by atoms with Gasteiger partial charge in [0, 0.05) is 25.3 Å². The molecule has 0 saturated carbocycles. The Morgan fingerprint density at radius 2 is 1.95 bits per heavy atom. The number of rotatable bonds is 4. The normalized spacial score (nSPS) is 20.7. The molecule has 1 N–H and O–H groups in total. The Morgan fingerprint density at radius 3 is 2.53 bits per heavy atom. The summed E-state index contributed by atoms with van der Waals surface area (Å²) in [5.41, 5.74) is 1.41. The number of anilines is 1. The Balaban J connectivity index is 1.71. The van der Waals surface area contributed by atoms with Gasteiger partial charge in [0.2, 0.25) is 0 Å². The van der Waals surface area contributed by atoms with Crippen LogP contribution in [-0.2, 0) is 0 Å². The van der Waals surface area contributed by atoms with Crippen molar-refractivity contribution in [3.05, 3.63) is 30.1 Å². The second-order valence-electron chi connectivity index (χ2n) is 6.59. The average Bonchev–Trinajstić information content (AvgIpc) is 2.80. The molecule has 2 nitrogen and oxygen atoms in total. The van der Waals surface area contributed by atoms with Crippen molar-refractivity contribution in [2.24, 2.45) is 11.3 Å². The maximum atomic E-state index is 12.8. The number of hydrogen-bond donors (Lipinski definition) is 1. The standard InChI is InChI=1S/C16H25FN2/c1-16(2,3)13-8-10-19(12-13)11-9-18-15-6-4-14(17)5-7-15/h4-7,13,18H,8-12H2,1-3H3. The van der Waals surface area contributed by atoms with E-state index in [1.165, 1.54) is 31.6 Å². The van der Waals surface area contributed by atoms with Crippen LogP contribution in [0.15, 0.2) is 24.3 Å². The highest BCUT2D eigenvalue weighted by atomic mass is 19.1. The second-order valence-corrected chi connectivity index (χ2v) is 6.59. The minimum Gasteiger partial charge on any atom is -0.384 e. The highest BCUT2D eigenvalue weighted by Gasteiger charge is 2.31. The molecule has 2 rings (SSSR count). The van der Waals surface area contributed by atoms with Gasteiger partial charge in [0.25, 0.3) is 0 Å². The van der Waals surface area contributed by atoms with Crippen molar-refractivity contribution in [2.45, 2.75) is 27.2 Å². The second kappa shape index (κ2) is 5.91. The van der Waals surface area contributed by atoms with Gasteiger partial charge in [-0.3, -0.25) is 0 Å². The lowest BCUT2D eigenvalue weighted by molar-refractivity contribution is 0.232. The zero-order valence-corrected chi connectivity index (χ0v) is 12.2. The first-order chi connectivity index (χ1) is 8.95. The molecule has 106 valence electrons. The van der Waals surface area contributed by atoms with Gasteiger partial charge in [-0.25, -0.2) is 4.39 Å². The van der Waals surface area contributed by atoms with Gasteiger partial charge in [-0.05, 0) is 48.6 Å². The summed E-state index contributed by atoms with van der Waals surface area (Å²) in [6.07, 6.45) is 1.31. The number of nitrogens with zero attached hydrogens (tertiary/aromatic N) is 1. The predicted molar refractivity (Wildman–Crippen MR) is 78.9 cm³/mol. The van der Waals surface area contributed by atoms with Crippen molar-refractivity contribution in [3.63, 3.8) is 0 Å². The fraction of sp³-hybridized carbons (Fsp3) is 0.625. The maximum Gasteiger partial charge on any atom is 0.123 e. The van der Waals surface area contributed by atoms with Crippen LogP contribution in [-0.4, -0.2) is 31.1 Å². The lowest BCUT2D eigenvalue weighted by atomic mass is 9.80. The van der Waals surface area contributed by atoms with Crippen LogP contribution in [0.3, 0.4) is 0 Å². The fourth-order valence-electron chi connectivity index (χ4n) is 2.67. The molecule has 1 heterocycles. The minimum atomic E-state index is -0.182. The SMILES string of the molecule is CC(C)(C)C1CCN(CCNc2ccc(F)cc2)C1. The van der Waals surface area contributed by atoms with Gasteiger partial charge < -0.3 is 10.2 Å². The molecule has 0 aliphatic carbocycles. The Hall–Kier alpha value is -1.09. The molecule has 1 aromatic rings. The monoisotopic (exact) mass is 264 g/mol.